The number of carbonyl (C=O) groups excluding carboxylic acids is 1. The Hall–Kier alpha value is -1.02. The van der Waals surface area contributed by atoms with Gasteiger partial charge in [0.05, 0.1) is 10.7 Å². The standard InChI is InChI=1S/C14H18ClNO/c1-3-11-6-7-16(9-11)14-5-4-12(10(2)17)8-13(14)15/h4-5,8,11H,3,6-7,9H2,1-2H3. The third-order valence-electron chi connectivity index (χ3n) is 3.56. The van der Waals surface area contributed by atoms with Crippen LogP contribution >= 0.6 is 11.6 Å². The molecule has 17 heavy (non-hydrogen) atoms. The fraction of sp³-hybridized carbons (Fsp3) is 0.500. The molecule has 0 radical (unpaired) electrons. The van der Waals surface area contributed by atoms with Crippen LogP contribution < -0.4 is 4.90 Å². The zero-order valence-electron chi connectivity index (χ0n) is 10.4. The molecule has 1 aliphatic heterocycles. The molecule has 0 bridgehead atoms. The maximum atomic E-state index is 11.3. The van der Waals surface area contributed by atoms with Crippen molar-refractivity contribution in [3.63, 3.8) is 0 Å². The Labute approximate surface area is 108 Å². The van der Waals surface area contributed by atoms with E-state index in [0.717, 1.165) is 24.7 Å². The van der Waals surface area contributed by atoms with Crippen molar-refractivity contribution in [1.29, 1.82) is 0 Å². The Bertz CT molecular complexity index is 430. The van der Waals surface area contributed by atoms with Crippen LogP contribution in [0.4, 0.5) is 5.69 Å². The Morgan fingerprint density at radius 2 is 2.29 bits per heavy atom. The topological polar surface area (TPSA) is 20.3 Å². The van der Waals surface area contributed by atoms with Crippen molar-refractivity contribution in [2.75, 3.05) is 18.0 Å². The van der Waals surface area contributed by atoms with Gasteiger partial charge < -0.3 is 4.90 Å². The van der Waals surface area contributed by atoms with Crippen LogP contribution in [0.25, 0.3) is 0 Å². The molecule has 92 valence electrons. The Balaban J connectivity index is 2.20. The minimum absolute atomic E-state index is 0.0614. The number of carbonyl (C=O) groups is 1. The number of halogens is 1. The zero-order valence-corrected chi connectivity index (χ0v) is 11.1. The predicted octanol–water partition coefficient (Wildman–Crippen LogP) is 3.78. The van der Waals surface area contributed by atoms with Gasteiger partial charge in [0.2, 0.25) is 0 Å². The molecular formula is C14H18ClNO. The van der Waals surface area contributed by atoms with Crippen LogP contribution in [0, 0.1) is 5.92 Å². The lowest BCUT2D eigenvalue weighted by atomic mass is 10.1. The predicted molar refractivity (Wildman–Crippen MR) is 72.1 cm³/mol. The first kappa shape index (κ1) is 12.4. The molecule has 1 aromatic rings. The van der Waals surface area contributed by atoms with Crippen LogP contribution in [-0.4, -0.2) is 18.9 Å². The SMILES string of the molecule is CCC1CCN(c2ccc(C(C)=O)cc2Cl)C1. The second kappa shape index (κ2) is 5.09. The van der Waals surface area contributed by atoms with E-state index in [0.29, 0.717) is 10.6 Å². The summed E-state index contributed by atoms with van der Waals surface area (Å²) in [6.45, 7) is 5.94. The molecular weight excluding hydrogens is 234 g/mol. The summed E-state index contributed by atoms with van der Waals surface area (Å²) in [4.78, 5) is 13.6. The normalized spacial score (nSPS) is 19.7. The summed E-state index contributed by atoms with van der Waals surface area (Å²) in [6.07, 6.45) is 2.46. The summed E-state index contributed by atoms with van der Waals surface area (Å²) < 4.78 is 0. The summed E-state index contributed by atoms with van der Waals surface area (Å²) in [5.74, 6) is 0.838. The molecule has 1 atom stereocenters. The number of hydrogen-bond acceptors (Lipinski definition) is 2. The Morgan fingerprint density at radius 3 is 2.82 bits per heavy atom. The number of benzene rings is 1. The summed E-state index contributed by atoms with van der Waals surface area (Å²) in [7, 11) is 0. The molecule has 1 saturated heterocycles. The van der Waals surface area contributed by atoms with Gasteiger partial charge in [-0.1, -0.05) is 24.9 Å². The highest BCUT2D eigenvalue weighted by Gasteiger charge is 2.22. The van der Waals surface area contributed by atoms with Crippen LogP contribution in [0.3, 0.4) is 0 Å². The van der Waals surface area contributed by atoms with E-state index in [2.05, 4.69) is 11.8 Å². The maximum absolute atomic E-state index is 11.3. The molecule has 3 heteroatoms. The maximum Gasteiger partial charge on any atom is 0.159 e. The van der Waals surface area contributed by atoms with E-state index in [1.165, 1.54) is 12.8 Å². The van der Waals surface area contributed by atoms with Gasteiger partial charge in [-0.05, 0) is 37.5 Å². The van der Waals surface area contributed by atoms with Crippen molar-refractivity contribution in [1.82, 2.24) is 0 Å². The number of nitrogens with zero attached hydrogens (tertiary/aromatic N) is 1. The van der Waals surface area contributed by atoms with Crippen LogP contribution in [0.5, 0.6) is 0 Å². The number of hydrogen-bond donors (Lipinski definition) is 0. The smallest absolute Gasteiger partial charge is 0.159 e. The Morgan fingerprint density at radius 1 is 1.53 bits per heavy atom. The highest BCUT2D eigenvalue weighted by atomic mass is 35.5. The fourth-order valence-corrected chi connectivity index (χ4v) is 2.67. The van der Waals surface area contributed by atoms with E-state index in [1.807, 2.05) is 12.1 Å². The second-order valence-corrected chi connectivity index (χ2v) is 5.14. The second-order valence-electron chi connectivity index (χ2n) is 4.73. The summed E-state index contributed by atoms with van der Waals surface area (Å²) in [5, 5.41) is 0.689. The van der Waals surface area contributed by atoms with Gasteiger partial charge in [0.15, 0.2) is 5.78 Å². The van der Waals surface area contributed by atoms with Gasteiger partial charge in [-0.2, -0.15) is 0 Å². The molecule has 1 aromatic carbocycles. The molecule has 0 N–H and O–H groups in total. The van der Waals surface area contributed by atoms with Gasteiger partial charge in [-0.3, -0.25) is 4.79 Å². The molecule has 1 unspecified atom stereocenters. The van der Waals surface area contributed by atoms with Gasteiger partial charge >= 0.3 is 0 Å². The fourth-order valence-electron chi connectivity index (χ4n) is 2.37. The number of anilines is 1. The minimum Gasteiger partial charge on any atom is -0.370 e. The molecule has 1 aliphatic rings. The highest BCUT2D eigenvalue weighted by Crippen LogP contribution is 2.32. The van der Waals surface area contributed by atoms with Crippen LogP contribution in [0.2, 0.25) is 5.02 Å². The molecule has 0 spiro atoms. The molecule has 0 aromatic heterocycles. The van der Waals surface area contributed by atoms with Gasteiger partial charge in [0.25, 0.3) is 0 Å². The van der Waals surface area contributed by atoms with Crippen molar-refractivity contribution in [3.8, 4) is 0 Å². The first-order valence-corrected chi connectivity index (χ1v) is 6.55. The number of rotatable bonds is 3. The average molecular weight is 252 g/mol. The van der Waals surface area contributed by atoms with Crippen LogP contribution in [0.15, 0.2) is 18.2 Å². The third-order valence-corrected chi connectivity index (χ3v) is 3.86. The summed E-state index contributed by atoms with van der Waals surface area (Å²) in [6, 6.07) is 5.61. The van der Waals surface area contributed by atoms with Gasteiger partial charge in [-0.15, -0.1) is 0 Å². The lowest BCUT2D eigenvalue weighted by Gasteiger charge is -2.20. The average Bonchev–Trinajstić information content (AvgIpc) is 2.77. The van der Waals surface area contributed by atoms with Gasteiger partial charge in [0, 0.05) is 18.7 Å². The first-order valence-electron chi connectivity index (χ1n) is 6.17. The monoisotopic (exact) mass is 251 g/mol. The van der Waals surface area contributed by atoms with E-state index in [1.54, 1.807) is 13.0 Å². The summed E-state index contributed by atoms with van der Waals surface area (Å²) >= 11 is 6.25. The first-order chi connectivity index (χ1) is 8.11. The Kier molecular flexibility index (Phi) is 3.72. The van der Waals surface area contributed by atoms with Crippen LogP contribution in [-0.2, 0) is 0 Å². The van der Waals surface area contributed by atoms with E-state index in [-0.39, 0.29) is 5.78 Å². The van der Waals surface area contributed by atoms with Crippen LogP contribution in [0.1, 0.15) is 37.0 Å². The molecule has 0 aliphatic carbocycles. The molecule has 1 heterocycles. The van der Waals surface area contributed by atoms with E-state index in [4.69, 9.17) is 11.6 Å². The van der Waals surface area contributed by atoms with E-state index < -0.39 is 0 Å². The molecule has 2 nitrogen and oxygen atoms in total. The van der Waals surface area contributed by atoms with Gasteiger partial charge in [0.1, 0.15) is 0 Å². The van der Waals surface area contributed by atoms with E-state index in [9.17, 15) is 4.79 Å². The zero-order chi connectivity index (χ0) is 12.4. The quantitative estimate of drug-likeness (QED) is 0.762. The van der Waals surface area contributed by atoms with Crippen molar-refractivity contribution >= 4 is 23.1 Å². The third kappa shape index (κ3) is 2.63. The molecule has 0 amide bonds. The minimum atomic E-state index is 0.0614. The van der Waals surface area contributed by atoms with Crippen molar-refractivity contribution < 1.29 is 4.79 Å². The van der Waals surface area contributed by atoms with Crippen molar-refractivity contribution in [2.45, 2.75) is 26.7 Å². The lowest BCUT2D eigenvalue weighted by Crippen LogP contribution is -2.19. The lowest BCUT2D eigenvalue weighted by molar-refractivity contribution is 0.101. The largest absolute Gasteiger partial charge is 0.370 e. The number of Topliss-reactive ketones (excluding diaryl/α,β-unsaturated/α-hetero) is 1. The van der Waals surface area contributed by atoms with Crippen molar-refractivity contribution in [2.24, 2.45) is 5.92 Å². The summed E-state index contributed by atoms with van der Waals surface area (Å²) in [5.41, 5.74) is 1.75. The molecule has 0 saturated carbocycles. The molecule has 1 fully saturated rings. The van der Waals surface area contributed by atoms with E-state index >= 15 is 0 Å². The van der Waals surface area contributed by atoms with Crippen molar-refractivity contribution in [3.05, 3.63) is 28.8 Å². The van der Waals surface area contributed by atoms with Gasteiger partial charge in [-0.25, -0.2) is 0 Å². The molecule has 2 rings (SSSR count). The highest BCUT2D eigenvalue weighted by molar-refractivity contribution is 6.33. The number of ketones is 1.